The molecule has 1 aromatic heterocycles. The van der Waals surface area contributed by atoms with Gasteiger partial charge in [0.1, 0.15) is 0 Å². The van der Waals surface area contributed by atoms with Crippen LogP contribution in [-0.4, -0.2) is 29.4 Å². The number of aromatic nitrogens is 1. The fraction of sp³-hybridized carbons (Fsp3) is 0.391. The first-order chi connectivity index (χ1) is 13.4. The summed E-state index contributed by atoms with van der Waals surface area (Å²) in [5.41, 5.74) is 6.83. The molecule has 0 atom stereocenters. The van der Waals surface area contributed by atoms with E-state index in [-0.39, 0.29) is 6.61 Å². The summed E-state index contributed by atoms with van der Waals surface area (Å²) >= 11 is 0. The number of nitrogens with zero attached hydrogens (tertiary/aromatic N) is 1. The van der Waals surface area contributed by atoms with Crippen LogP contribution in [-0.2, 0) is 25.9 Å². The fourth-order valence-corrected chi connectivity index (χ4v) is 4.25. The van der Waals surface area contributed by atoms with Crippen molar-refractivity contribution in [2.24, 2.45) is 0 Å². The minimum absolute atomic E-state index is 0.151. The van der Waals surface area contributed by atoms with Crippen LogP contribution in [0.15, 0.2) is 48.5 Å². The average Bonchev–Trinajstić information content (AvgIpc) is 3.04. The normalized spacial score (nSPS) is 13.7. The molecule has 4 rings (SSSR count). The molecule has 0 saturated carbocycles. The molecule has 0 saturated heterocycles. The number of hydrogen-bond donors (Lipinski definition) is 3. The number of para-hydroxylation sites is 1. The molecule has 1 aliphatic rings. The first kappa shape index (κ1) is 18.1. The van der Waals surface area contributed by atoms with Gasteiger partial charge in [0.05, 0.1) is 6.61 Å². The van der Waals surface area contributed by atoms with Crippen molar-refractivity contribution in [1.29, 1.82) is 0 Å². The zero-order valence-electron chi connectivity index (χ0n) is 15.9. The highest BCUT2D eigenvalue weighted by Crippen LogP contribution is 2.30. The van der Waals surface area contributed by atoms with E-state index in [1.807, 2.05) is 6.07 Å². The fourth-order valence-electron chi connectivity index (χ4n) is 4.25. The van der Waals surface area contributed by atoms with Gasteiger partial charge in [-0.05, 0) is 61.6 Å². The Balaban J connectivity index is 1.40. The molecule has 1 aliphatic heterocycles. The molecular weight excluding hydrogens is 334 g/mol. The number of aliphatic hydroxyl groups excluding tert-OH is 1. The summed E-state index contributed by atoms with van der Waals surface area (Å²) in [4.78, 5) is 0. The zero-order chi connectivity index (χ0) is 18.5. The number of aliphatic hydroxyl groups is 1. The second-order valence-corrected chi connectivity index (χ2v) is 7.33. The molecule has 4 nitrogen and oxygen atoms in total. The van der Waals surface area contributed by atoms with Gasteiger partial charge in [-0.2, -0.15) is 0 Å². The average molecular weight is 364 g/mol. The van der Waals surface area contributed by atoms with Gasteiger partial charge in [0.2, 0.25) is 0 Å². The number of fused-ring (bicyclic) bond motifs is 3. The van der Waals surface area contributed by atoms with Crippen LogP contribution in [0.4, 0.5) is 5.69 Å². The summed E-state index contributed by atoms with van der Waals surface area (Å²) in [6.45, 7) is 3.75. The number of nitrogens with one attached hydrogen (secondary N) is 2. The maximum absolute atomic E-state index is 8.94. The van der Waals surface area contributed by atoms with Crippen LogP contribution in [0.5, 0.6) is 0 Å². The van der Waals surface area contributed by atoms with Gasteiger partial charge in [-0.1, -0.05) is 30.3 Å². The van der Waals surface area contributed by atoms with Crippen molar-refractivity contribution in [3.8, 4) is 0 Å². The predicted octanol–water partition coefficient (Wildman–Crippen LogP) is 3.71. The van der Waals surface area contributed by atoms with E-state index in [0.29, 0.717) is 6.54 Å². The lowest BCUT2D eigenvalue weighted by molar-refractivity contribution is 0.311. The molecule has 0 bridgehead atoms. The largest absolute Gasteiger partial charge is 0.395 e. The third-order valence-electron chi connectivity index (χ3n) is 5.49. The highest BCUT2D eigenvalue weighted by atomic mass is 16.3. The van der Waals surface area contributed by atoms with Gasteiger partial charge in [-0.15, -0.1) is 0 Å². The molecular formula is C23H29N3O. The van der Waals surface area contributed by atoms with Gasteiger partial charge in [-0.25, -0.2) is 0 Å². The molecule has 2 aromatic carbocycles. The first-order valence-electron chi connectivity index (χ1n) is 10.1. The molecule has 0 unspecified atom stereocenters. The number of benzene rings is 2. The molecule has 0 amide bonds. The van der Waals surface area contributed by atoms with E-state index < -0.39 is 0 Å². The highest BCUT2D eigenvalue weighted by Gasteiger charge is 2.18. The van der Waals surface area contributed by atoms with Crippen molar-refractivity contribution < 1.29 is 5.11 Å². The van der Waals surface area contributed by atoms with Crippen molar-refractivity contribution in [3.63, 3.8) is 0 Å². The summed E-state index contributed by atoms with van der Waals surface area (Å²) in [5.74, 6) is 0. The quantitative estimate of drug-likeness (QED) is 0.535. The van der Waals surface area contributed by atoms with Crippen LogP contribution in [0.2, 0.25) is 0 Å². The van der Waals surface area contributed by atoms with E-state index >= 15 is 0 Å². The standard InChI is InChI=1S/C23H29N3O/c27-15-13-25-19-7-5-6-18(16-19)17-24-12-11-21-20-8-1-2-9-22(20)26-14-4-3-10-23(21)26/h1-2,5-9,16,24-25,27H,3-4,10-15,17H2. The maximum Gasteiger partial charge on any atom is 0.0604 e. The highest BCUT2D eigenvalue weighted by molar-refractivity contribution is 5.85. The van der Waals surface area contributed by atoms with Crippen LogP contribution in [0.1, 0.15) is 29.7 Å². The van der Waals surface area contributed by atoms with E-state index in [1.54, 1.807) is 5.69 Å². The van der Waals surface area contributed by atoms with Gasteiger partial charge in [-0.3, -0.25) is 0 Å². The van der Waals surface area contributed by atoms with Gasteiger partial charge in [0.15, 0.2) is 0 Å². The van der Waals surface area contributed by atoms with Crippen LogP contribution in [0, 0.1) is 0 Å². The molecule has 3 N–H and O–H groups in total. The number of hydrogen-bond acceptors (Lipinski definition) is 3. The van der Waals surface area contributed by atoms with Gasteiger partial charge in [0.25, 0.3) is 0 Å². The maximum atomic E-state index is 8.94. The van der Waals surface area contributed by atoms with Crippen molar-refractivity contribution >= 4 is 16.6 Å². The van der Waals surface area contributed by atoms with E-state index in [2.05, 4.69) is 57.7 Å². The zero-order valence-corrected chi connectivity index (χ0v) is 15.9. The molecule has 0 fully saturated rings. The molecule has 0 aliphatic carbocycles. The van der Waals surface area contributed by atoms with Crippen LogP contribution < -0.4 is 10.6 Å². The number of aryl methyl sites for hydroxylation is 1. The van der Waals surface area contributed by atoms with Gasteiger partial charge >= 0.3 is 0 Å². The second-order valence-electron chi connectivity index (χ2n) is 7.33. The molecule has 27 heavy (non-hydrogen) atoms. The topological polar surface area (TPSA) is 49.2 Å². The lowest BCUT2D eigenvalue weighted by atomic mass is 10.0. The van der Waals surface area contributed by atoms with Crippen molar-refractivity contribution in [1.82, 2.24) is 9.88 Å². The lowest BCUT2D eigenvalue weighted by Crippen LogP contribution is -2.18. The summed E-state index contributed by atoms with van der Waals surface area (Å²) < 4.78 is 2.55. The molecule has 3 aromatic rings. The van der Waals surface area contributed by atoms with Crippen molar-refractivity contribution in [2.75, 3.05) is 25.0 Å². The van der Waals surface area contributed by atoms with E-state index in [1.165, 1.54) is 41.3 Å². The Morgan fingerprint density at radius 2 is 1.93 bits per heavy atom. The van der Waals surface area contributed by atoms with Gasteiger partial charge < -0.3 is 20.3 Å². The van der Waals surface area contributed by atoms with Crippen LogP contribution >= 0.6 is 0 Å². The molecule has 142 valence electrons. The SMILES string of the molecule is OCCNc1cccc(CNCCc2c3n(c4ccccc24)CCCC3)c1. The summed E-state index contributed by atoms with van der Waals surface area (Å²) in [6.07, 6.45) is 4.89. The Morgan fingerprint density at radius 1 is 1.00 bits per heavy atom. The predicted molar refractivity (Wildman–Crippen MR) is 112 cm³/mol. The molecule has 0 radical (unpaired) electrons. The summed E-state index contributed by atoms with van der Waals surface area (Å²) in [6, 6.07) is 17.3. The molecule has 4 heteroatoms. The lowest BCUT2D eigenvalue weighted by Gasteiger charge is -2.17. The van der Waals surface area contributed by atoms with Gasteiger partial charge in [0, 0.05) is 41.9 Å². The smallest absolute Gasteiger partial charge is 0.0604 e. The number of rotatable bonds is 8. The summed E-state index contributed by atoms with van der Waals surface area (Å²) in [7, 11) is 0. The first-order valence-corrected chi connectivity index (χ1v) is 10.1. The van der Waals surface area contributed by atoms with Crippen LogP contribution in [0.3, 0.4) is 0 Å². The molecule has 2 heterocycles. The Labute approximate surface area is 161 Å². The minimum atomic E-state index is 0.151. The Kier molecular flexibility index (Phi) is 5.75. The number of anilines is 1. The second kappa shape index (κ2) is 8.59. The van der Waals surface area contributed by atoms with Crippen molar-refractivity contribution in [2.45, 2.75) is 38.8 Å². The van der Waals surface area contributed by atoms with E-state index in [4.69, 9.17) is 5.11 Å². The van der Waals surface area contributed by atoms with E-state index in [0.717, 1.165) is 31.7 Å². The monoisotopic (exact) mass is 363 g/mol. The van der Waals surface area contributed by atoms with Crippen LogP contribution in [0.25, 0.3) is 10.9 Å². The Bertz CT molecular complexity index is 900. The van der Waals surface area contributed by atoms with E-state index in [9.17, 15) is 0 Å². The Morgan fingerprint density at radius 3 is 2.85 bits per heavy atom. The minimum Gasteiger partial charge on any atom is -0.395 e. The van der Waals surface area contributed by atoms with Crippen molar-refractivity contribution in [3.05, 3.63) is 65.4 Å². The summed E-state index contributed by atoms with van der Waals surface area (Å²) in [5, 5.41) is 17.2. The third-order valence-corrected chi connectivity index (χ3v) is 5.49. The third kappa shape index (κ3) is 4.02. The molecule has 0 spiro atoms. The Hall–Kier alpha value is -2.30.